The third-order valence-corrected chi connectivity index (χ3v) is 10.8. The fourth-order valence-corrected chi connectivity index (χ4v) is 7.19. The van der Waals surface area contributed by atoms with E-state index in [1.165, 1.54) is 44.9 Å². The molecule has 0 aromatic heterocycles. The first-order valence-corrected chi connectivity index (χ1v) is 24.5. The molecule has 0 amide bonds. The third kappa shape index (κ3) is 31.2. The SMILES string of the molecule is CCCCC/C=C/C/C=C/C/C=C/CCCCCCC(=O)OC[C@H](CO[C@H]1O[C@H](CS(=O)(=O)O)[C@@H](O)C(O)C1O)OC(=O)CCCCCCC/C=C/C=C/CCCCCC. The molecule has 0 aromatic rings. The summed E-state index contributed by atoms with van der Waals surface area (Å²) >= 11 is 0. The lowest BCUT2D eigenvalue weighted by molar-refractivity contribution is -0.297. The van der Waals surface area contributed by atoms with E-state index in [1.54, 1.807) is 0 Å². The molecule has 60 heavy (non-hydrogen) atoms. The predicted molar refractivity (Wildman–Crippen MR) is 238 cm³/mol. The Kier molecular flexibility index (Phi) is 34.1. The number of hydrogen-bond acceptors (Lipinski definition) is 11. The normalized spacial score (nSPS) is 20.7. The van der Waals surface area contributed by atoms with Crippen LogP contribution in [0.5, 0.6) is 0 Å². The Morgan fingerprint density at radius 3 is 1.62 bits per heavy atom. The highest BCUT2D eigenvalue weighted by Gasteiger charge is 2.46. The number of unbranched alkanes of at least 4 members (excludes halogenated alkanes) is 16. The molecule has 2 unspecified atom stereocenters. The van der Waals surface area contributed by atoms with Crippen molar-refractivity contribution in [1.82, 2.24) is 0 Å². The van der Waals surface area contributed by atoms with Gasteiger partial charge in [-0.15, -0.1) is 0 Å². The van der Waals surface area contributed by atoms with Gasteiger partial charge in [0.1, 0.15) is 36.8 Å². The molecule has 0 spiro atoms. The second-order valence-corrected chi connectivity index (χ2v) is 17.2. The highest BCUT2D eigenvalue weighted by molar-refractivity contribution is 7.85. The molecule has 0 aliphatic carbocycles. The van der Waals surface area contributed by atoms with E-state index >= 15 is 0 Å². The summed E-state index contributed by atoms with van der Waals surface area (Å²) in [5.74, 6) is -2.04. The van der Waals surface area contributed by atoms with Crippen molar-refractivity contribution in [3.05, 3.63) is 60.8 Å². The number of carbonyl (C=O) groups is 2. The highest BCUT2D eigenvalue weighted by atomic mass is 32.2. The summed E-state index contributed by atoms with van der Waals surface area (Å²) in [7, 11) is -4.61. The summed E-state index contributed by atoms with van der Waals surface area (Å²) in [5.41, 5.74) is 0. The Morgan fingerprint density at radius 1 is 0.583 bits per heavy atom. The van der Waals surface area contributed by atoms with E-state index in [1.807, 2.05) is 0 Å². The molecule has 6 atom stereocenters. The van der Waals surface area contributed by atoms with Gasteiger partial charge < -0.3 is 34.3 Å². The van der Waals surface area contributed by atoms with Crippen molar-refractivity contribution in [2.75, 3.05) is 19.0 Å². The minimum Gasteiger partial charge on any atom is -0.462 e. The first kappa shape index (κ1) is 55.4. The number of aliphatic hydroxyl groups is 3. The van der Waals surface area contributed by atoms with Crippen molar-refractivity contribution in [2.45, 2.75) is 205 Å². The Bertz CT molecular complexity index is 1340. The largest absolute Gasteiger partial charge is 0.462 e. The molecule has 0 aromatic carbocycles. The van der Waals surface area contributed by atoms with Gasteiger partial charge in [-0.05, 0) is 77.0 Å². The van der Waals surface area contributed by atoms with Crippen LogP contribution in [0.4, 0.5) is 0 Å². The first-order chi connectivity index (χ1) is 29.0. The molecule has 1 saturated heterocycles. The second-order valence-electron chi connectivity index (χ2n) is 15.7. The lowest BCUT2D eigenvalue weighted by atomic mass is 10.00. The number of hydrogen-bond donors (Lipinski definition) is 4. The van der Waals surface area contributed by atoms with Gasteiger partial charge in [-0.25, -0.2) is 0 Å². The van der Waals surface area contributed by atoms with Crippen LogP contribution in [0, 0.1) is 0 Å². The smallest absolute Gasteiger partial charge is 0.306 e. The number of allylic oxidation sites excluding steroid dienone is 10. The van der Waals surface area contributed by atoms with Gasteiger partial charge in [0.15, 0.2) is 12.4 Å². The summed E-state index contributed by atoms with van der Waals surface area (Å²) in [4.78, 5) is 25.4. The molecule has 4 N–H and O–H groups in total. The minimum atomic E-state index is -4.61. The van der Waals surface area contributed by atoms with Crippen molar-refractivity contribution < 1.29 is 56.8 Å². The van der Waals surface area contributed by atoms with E-state index in [0.29, 0.717) is 12.8 Å². The minimum absolute atomic E-state index is 0.139. The molecule has 0 bridgehead atoms. The maximum absolute atomic E-state index is 12.8. The monoisotopic (exact) mass is 869 g/mol. The summed E-state index contributed by atoms with van der Waals surface area (Å²) in [6, 6.07) is 0. The third-order valence-electron chi connectivity index (χ3n) is 10.1. The van der Waals surface area contributed by atoms with Crippen LogP contribution in [0.1, 0.15) is 168 Å². The molecule has 0 saturated carbocycles. The van der Waals surface area contributed by atoms with Crippen LogP contribution in [0.3, 0.4) is 0 Å². The fourth-order valence-electron chi connectivity index (χ4n) is 6.50. The number of carbonyl (C=O) groups excluding carboxylic acids is 2. The van der Waals surface area contributed by atoms with Gasteiger partial charge in [0.05, 0.1) is 6.61 Å². The summed E-state index contributed by atoms with van der Waals surface area (Å²) < 4.78 is 54.0. The Labute approximate surface area is 362 Å². The van der Waals surface area contributed by atoms with E-state index in [-0.39, 0.29) is 19.4 Å². The summed E-state index contributed by atoms with van der Waals surface area (Å²) in [5, 5.41) is 30.9. The molecule has 346 valence electrons. The number of rotatable bonds is 37. The molecule has 1 aliphatic heterocycles. The molecule has 0 radical (unpaired) electrons. The average Bonchev–Trinajstić information content (AvgIpc) is 3.21. The number of ether oxygens (including phenoxy) is 4. The van der Waals surface area contributed by atoms with Gasteiger partial charge in [0.25, 0.3) is 10.1 Å². The lowest BCUT2D eigenvalue weighted by Crippen LogP contribution is -2.60. The molecule has 1 heterocycles. The Hall–Kier alpha value is -2.65. The van der Waals surface area contributed by atoms with Crippen LogP contribution >= 0.6 is 0 Å². The van der Waals surface area contributed by atoms with Crippen molar-refractivity contribution in [3.63, 3.8) is 0 Å². The molecule has 1 fully saturated rings. The molecular weight excluding hydrogens is 789 g/mol. The lowest BCUT2D eigenvalue weighted by Gasteiger charge is -2.40. The van der Waals surface area contributed by atoms with E-state index < -0.39 is 71.2 Å². The van der Waals surface area contributed by atoms with Crippen molar-refractivity contribution in [1.29, 1.82) is 0 Å². The number of esters is 2. The van der Waals surface area contributed by atoms with Gasteiger partial charge in [0.2, 0.25) is 0 Å². The molecule has 12 nitrogen and oxygen atoms in total. The first-order valence-electron chi connectivity index (χ1n) is 22.9. The fraction of sp³-hybridized carbons (Fsp3) is 0.745. The topological polar surface area (TPSA) is 186 Å². The zero-order valence-corrected chi connectivity index (χ0v) is 37.6. The van der Waals surface area contributed by atoms with E-state index in [2.05, 4.69) is 74.6 Å². The van der Waals surface area contributed by atoms with Crippen molar-refractivity contribution >= 4 is 22.1 Å². The highest BCUT2D eigenvalue weighted by Crippen LogP contribution is 2.24. The van der Waals surface area contributed by atoms with Crippen molar-refractivity contribution in [3.8, 4) is 0 Å². The van der Waals surface area contributed by atoms with Crippen LogP contribution in [0.15, 0.2) is 60.8 Å². The van der Waals surface area contributed by atoms with Crippen LogP contribution in [0.25, 0.3) is 0 Å². The maximum Gasteiger partial charge on any atom is 0.306 e. The standard InChI is InChI=1S/C47H80O12S/c1-3-5-7-9-11-13-15-17-19-20-22-23-25-27-29-31-33-35-42(48)56-37-40(38-57-47-46(52)45(51)44(50)41(59-47)39-60(53,54)55)58-43(49)36-34-32-30-28-26-24-21-18-16-14-12-10-8-6-4-2/h11,13-14,16-19,21-23,40-41,44-47,50-52H,3-10,12,15,20,24-39H2,1-2H3,(H,53,54,55)/b13-11+,16-14+,19-17+,21-18+,23-22+/t40-,41-,44-,45?,46?,47+/m1/s1. The van der Waals surface area contributed by atoms with Crippen LogP contribution in [-0.4, -0.2) is 96.0 Å². The van der Waals surface area contributed by atoms with E-state index in [0.717, 1.165) is 83.5 Å². The van der Waals surface area contributed by atoms with Gasteiger partial charge in [-0.1, -0.05) is 139 Å². The quantitative estimate of drug-likeness (QED) is 0.0153. The predicted octanol–water partition coefficient (Wildman–Crippen LogP) is 9.34. The molecular formula is C47H80O12S. The van der Waals surface area contributed by atoms with Gasteiger partial charge in [0, 0.05) is 12.8 Å². The van der Waals surface area contributed by atoms with Crippen LogP contribution in [-0.2, 0) is 38.7 Å². The average molecular weight is 869 g/mol. The molecule has 1 aliphatic rings. The molecule has 1 rings (SSSR count). The van der Waals surface area contributed by atoms with Crippen LogP contribution in [0.2, 0.25) is 0 Å². The number of aliphatic hydroxyl groups excluding tert-OH is 3. The van der Waals surface area contributed by atoms with Gasteiger partial charge in [-0.3, -0.25) is 14.1 Å². The van der Waals surface area contributed by atoms with Gasteiger partial charge >= 0.3 is 11.9 Å². The molecule has 13 heteroatoms. The zero-order valence-electron chi connectivity index (χ0n) is 36.8. The van der Waals surface area contributed by atoms with E-state index in [9.17, 15) is 37.9 Å². The Balaban J connectivity index is 2.48. The summed E-state index contributed by atoms with van der Waals surface area (Å²) in [6.07, 6.45) is 35.4. The maximum atomic E-state index is 12.8. The zero-order chi connectivity index (χ0) is 44.1. The summed E-state index contributed by atoms with van der Waals surface area (Å²) in [6.45, 7) is 3.67. The second kappa shape index (κ2) is 37.0. The van der Waals surface area contributed by atoms with Crippen molar-refractivity contribution in [2.24, 2.45) is 0 Å². The Morgan fingerprint density at radius 2 is 1.05 bits per heavy atom. The van der Waals surface area contributed by atoms with Gasteiger partial charge in [-0.2, -0.15) is 8.42 Å². The van der Waals surface area contributed by atoms with Crippen LogP contribution < -0.4 is 0 Å². The van der Waals surface area contributed by atoms with E-state index in [4.69, 9.17) is 18.9 Å².